The van der Waals surface area contributed by atoms with E-state index >= 15 is 0 Å². The monoisotopic (exact) mass is 281 g/mol. The van der Waals surface area contributed by atoms with Gasteiger partial charge in [0.25, 0.3) is 0 Å². The summed E-state index contributed by atoms with van der Waals surface area (Å²) in [6.07, 6.45) is 3.94. The highest BCUT2D eigenvalue weighted by Gasteiger charge is 2.39. The molecule has 0 saturated heterocycles. The maximum Gasteiger partial charge on any atom is 0.0635 e. The van der Waals surface area contributed by atoms with Gasteiger partial charge < -0.3 is 15.5 Å². The number of nitrogens with zero attached hydrogens (tertiary/aromatic N) is 2. The molecule has 1 aromatic rings. The van der Waals surface area contributed by atoms with E-state index < -0.39 is 0 Å². The average Bonchev–Trinajstić information content (AvgIpc) is 2.28. The van der Waals surface area contributed by atoms with E-state index in [0.29, 0.717) is 16.2 Å². The van der Waals surface area contributed by atoms with Crippen LogP contribution >= 0.6 is 11.6 Å². The first kappa shape index (κ1) is 14.6. The Morgan fingerprint density at radius 3 is 2.42 bits per heavy atom. The molecule has 0 unspecified atom stereocenters. The van der Waals surface area contributed by atoms with Gasteiger partial charge in [-0.3, -0.25) is 0 Å². The lowest BCUT2D eigenvalue weighted by Crippen LogP contribution is -2.56. The Labute approximate surface area is 121 Å². The van der Waals surface area contributed by atoms with Crippen LogP contribution in [0.4, 0.5) is 5.69 Å². The van der Waals surface area contributed by atoms with Gasteiger partial charge in [0.05, 0.1) is 10.7 Å². The van der Waals surface area contributed by atoms with Crippen molar-refractivity contribution < 1.29 is 0 Å². The summed E-state index contributed by atoms with van der Waals surface area (Å²) in [5, 5.41) is 0.634. The zero-order chi connectivity index (χ0) is 14.0. The number of hydrogen-bond acceptors (Lipinski definition) is 3. The van der Waals surface area contributed by atoms with Gasteiger partial charge in [-0.2, -0.15) is 0 Å². The van der Waals surface area contributed by atoms with Gasteiger partial charge in [0, 0.05) is 18.6 Å². The van der Waals surface area contributed by atoms with Gasteiger partial charge in [0.15, 0.2) is 0 Å². The number of nitrogen functional groups attached to an aromatic ring is 1. The fraction of sp³-hybridized carbons (Fsp3) is 0.600. The lowest BCUT2D eigenvalue weighted by Gasteiger charge is -2.49. The third-order valence-corrected chi connectivity index (χ3v) is 4.65. The van der Waals surface area contributed by atoms with Gasteiger partial charge in [-0.05, 0) is 58.1 Å². The molecular formula is C15H24ClN3. The van der Waals surface area contributed by atoms with E-state index in [9.17, 15) is 0 Å². The topological polar surface area (TPSA) is 32.5 Å². The molecule has 19 heavy (non-hydrogen) atoms. The van der Waals surface area contributed by atoms with E-state index in [0.717, 1.165) is 13.1 Å². The van der Waals surface area contributed by atoms with Gasteiger partial charge in [0.1, 0.15) is 0 Å². The number of rotatable bonds is 5. The first-order valence-corrected chi connectivity index (χ1v) is 7.21. The number of hydrogen-bond donors (Lipinski definition) is 1. The summed E-state index contributed by atoms with van der Waals surface area (Å²) in [4.78, 5) is 4.76. The molecule has 1 fully saturated rings. The van der Waals surface area contributed by atoms with Crippen molar-refractivity contribution in [3.05, 3.63) is 28.8 Å². The Balaban J connectivity index is 1.97. The molecule has 0 spiro atoms. The Bertz CT molecular complexity index is 441. The van der Waals surface area contributed by atoms with Crippen LogP contribution in [0.5, 0.6) is 0 Å². The molecule has 1 aliphatic rings. The van der Waals surface area contributed by atoms with Crippen LogP contribution in [0.15, 0.2) is 18.2 Å². The molecule has 0 bridgehead atoms. The third-order valence-electron chi connectivity index (χ3n) is 4.31. The van der Waals surface area contributed by atoms with Crippen molar-refractivity contribution in [3.63, 3.8) is 0 Å². The minimum Gasteiger partial charge on any atom is -0.398 e. The number of benzene rings is 1. The van der Waals surface area contributed by atoms with E-state index in [1.54, 1.807) is 0 Å². The molecule has 0 aromatic heterocycles. The quantitative estimate of drug-likeness (QED) is 0.843. The molecule has 1 aliphatic carbocycles. The van der Waals surface area contributed by atoms with Crippen LogP contribution in [0, 0.1) is 0 Å². The molecule has 2 N–H and O–H groups in total. The molecule has 2 rings (SSSR count). The lowest BCUT2D eigenvalue weighted by atomic mass is 9.75. The molecule has 3 nitrogen and oxygen atoms in total. The van der Waals surface area contributed by atoms with Gasteiger partial charge in [-0.25, -0.2) is 0 Å². The van der Waals surface area contributed by atoms with Crippen LogP contribution in [0.3, 0.4) is 0 Å². The van der Waals surface area contributed by atoms with Gasteiger partial charge in [0.2, 0.25) is 0 Å². The normalized spacial score (nSPS) is 17.8. The second kappa shape index (κ2) is 5.70. The summed E-state index contributed by atoms with van der Waals surface area (Å²) in [5.41, 5.74) is 8.10. The molecule has 106 valence electrons. The summed E-state index contributed by atoms with van der Waals surface area (Å²) < 4.78 is 0. The molecule has 0 radical (unpaired) electrons. The van der Waals surface area contributed by atoms with Crippen molar-refractivity contribution in [2.45, 2.75) is 31.3 Å². The molecule has 1 aromatic carbocycles. The van der Waals surface area contributed by atoms with E-state index in [-0.39, 0.29) is 0 Å². The molecular weight excluding hydrogens is 258 g/mol. The highest BCUT2D eigenvalue weighted by molar-refractivity contribution is 6.33. The standard InChI is InChI=1S/C15H24ClN3/c1-18(2)15(7-4-8-15)11-19(3)10-12-5-6-13(16)14(17)9-12/h5-6,9H,4,7-8,10-11,17H2,1-3H3. The van der Waals surface area contributed by atoms with E-state index in [1.807, 2.05) is 12.1 Å². The van der Waals surface area contributed by atoms with Crippen molar-refractivity contribution in [3.8, 4) is 0 Å². The van der Waals surface area contributed by atoms with Gasteiger partial charge in [-0.1, -0.05) is 17.7 Å². The fourth-order valence-electron chi connectivity index (χ4n) is 2.89. The van der Waals surface area contributed by atoms with E-state index in [4.69, 9.17) is 17.3 Å². The summed E-state index contributed by atoms with van der Waals surface area (Å²) in [7, 11) is 6.55. The van der Waals surface area contributed by atoms with E-state index in [2.05, 4.69) is 37.0 Å². The minimum absolute atomic E-state index is 0.368. The van der Waals surface area contributed by atoms with Crippen molar-refractivity contribution in [2.75, 3.05) is 33.4 Å². The van der Waals surface area contributed by atoms with Crippen LogP contribution in [-0.4, -0.2) is 43.0 Å². The second-order valence-corrected chi connectivity index (χ2v) is 6.41. The first-order chi connectivity index (χ1) is 8.93. The van der Waals surface area contributed by atoms with Crippen molar-refractivity contribution in [2.24, 2.45) is 0 Å². The zero-order valence-electron chi connectivity index (χ0n) is 12.1. The largest absolute Gasteiger partial charge is 0.398 e. The molecule has 0 amide bonds. The van der Waals surface area contributed by atoms with Crippen LogP contribution in [0.1, 0.15) is 24.8 Å². The highest BCUT2D eigenvalue weighted by Crippen LogP contribution is 2.36. The predicted molar refractivity (Wildman–Crippen MR) is 82.5 cm³/mol. The summed E-state index contributed by atoms with van der Waals surface area (Å²) in [5.74, 6) is 0. The predicted octanol–water partition coefficient (Wildman–Crippen LogP) is 2.84. The smallest absolute Gasteiger partial charge is 0.0635 e. The Morgan fingerprint density at radius 2 is 1.95 bits per heavy atom. The summed E-state index contributed by atoms with van der Waals surface area (Å²) >= 11 is 5.95. The van der Waals surface area contributed by atoms with Crippen LogP contribution in [0.2, 0.25) is 5.02 Å². The molecule has 1 saturated carbocycles. The Hall–Kier alpha value is -0.770. The summed E-state index contributed by atoms with van der Waals surface area (Å²) in [6.45, 7) is 2.01. The van der Waals surface area contributed by atoms with Crippen LogP contribution < -0.4 is 5.73 Å². The van der Waals surface area contributed by atoms with Gasteiger partial charge in [-0.15, -0.1) is 0 Å². The van der Waals surface area contributed by atoms with Crippen LogP contribution in [0.25, 0.3) is 0 Å². The zero-order valence-corrected chi connectivity index (χ0v) is 12.9. The average molecular weight is 282 g/mol. The number of anilines is 1. The number of halogens is 1. The third kappa shape index (κ3) is 3.22. The SMILES string of the molecule is CN(Cc1ccc(Cl)c(N)c1)CC1(N(C)C)CCC1. The highest BCUT2D eigenvalue weighted by atomic mass is 35.5. The van der Waals surface area contributed by atoms with Crippen molar-refractivity contribution in [1.29, 1.82) is 0 Å². The van der Waals surface area contributed by atoms with Crippen molar-refractivity contribution >= 4 is 17.3 Å². The Morgan fingerprint density at radius 1 is 1.26 bits per heavy atom. The van der Waals surface area contributed by atoms with Crippen LogP contribution in [-0.2, 0) is 6.54 Å². The molecule has 0 aliphatic heterocycles. The second-order valence-electron chi connectivity index (χ2n) is 6.00. The lowest BCUT2D eigenvalue weighted by molar-refractivity contribution is 0.0259. The maximum atomic E-state index is 5.95. The summed E-state index contributed by atoms with van der Waals surface area (Å²) in [6, 6.07) is 5.91. The van der Waals surface area contributed by atoms with Crippen molar-refractivity contribution in [1.82, 2.24) is 9.80 Å². The molecule has 0 atom stereocenters. The molecule has 0 heterocycles. The fourth-order valence-corrected chi connectivity index (χ4v) is 3.01. The number of nitrogens with two attached hydrogens (primary N) is 1. The Kier molecular flexibility index (Phi) is 4.39. The maximum absolute atomic E-state index is 5.95. The number of likely N-dealkylation sites (N-methyl/N-ethyl adjacent to an activating group) is 2. The van der Waals surface area contributed by atoms with Gasteiger partial charge >= 0.3 is 0 Å². The first-order valence-electron chi connectivity index (χ1n) is 6.83. The van der Waals surface area contributed by atoms with E-state index in [1.165, 1.54) is 24.8 Å². The minimum atomic E-state index is 0.368. The molecule has 4 heteroatoms.